The van der Waals surface area contributed by atoms with Crippen LogP contribution in [-0.2, 0) is 6.42 Å². The maximum atomic E-state index is 5.86. The lowest BCUT2D eigenvalue weighted by atomic mass is 9.82. The Balaban J connectivity index is 1.67. The first kappa shape index (κ1) is 14.4. The van der Waals surface area contributed by atoms with Gasteiger partial charge in [0.25, 0.3) is 0 Å². The van der Waals surface area contributed by atoms with E-state index in [9.17, 15) is 0 Å². The topological polar surface area (TPSA) is 52.1 Å². The van der Waals surface area contributed by atoms with Gasteiger partial charge in [-0.3, -0.25) is 0 Å². The molecule has 1 aliphatic carbocycles. The molecule has 0 radical (unpaired) electrons. The standard InChI is InChI=1S/C17H24N2O2/c1-5-15-12(4)21-17(19-15)14-8-6-13(7-9-14)16-18-10(2)11(3)20-16/h13-14H,5-9H2,1-4H3. The van der Waals surface area contributed by atoms with Gasteiger partial charge >= 0.3 is 0 Å². The number of aryl methyl sites for hydroxylation is 4. The summed E-state index contributed by atoms with van der Waals surface area (Å²) in [6.45, 7) is 8.13. The van der Waals surface area contributed by atoms with Gasteiger partial charge in [0, 0.05) is 11.8 Å². The molecule has 0 unspecified atom stereocenters. The van der Waals surface area contributed by atoms with Crippen LogP contribution in [0.15, 0.2) is 8.83 Å². The predicted molar refractivity (Wildman–Crippen MR) is 80.5 cm³/mol. The van der Waals surface area contributed by atoms with Crippen molar-refractivity contribution in [2.45, 2.75) is 71.6 Å². The summed E-state index contributed by atoms with van der Waals surface area (Å²) >= 11 is 0. The third kappa shape index (κ3) is 2.76. The van der Waals surface area contributed by atoms with E-state index in [1.807, 2.05) is 20.8 Å². The molecule has 21 heavy (non-hydrogen) atoms. The molecule has 0 spiro atoms. The number of hydrogen-bond donors (Lipinski definition) is 0. The lowest BCUT2D eigenvalue weighted by molar-refractivity contribution is 0.301. The van der Waals surface area contributed by atoms with Crippen molar-refractivity contribution in [2.75, 3.05) is 0 Å². The fourth-order valence-corrected chi connectivity index (χ4v) is 3.21. The van der Waals surface area contributed by atoms with Crippen molar-refractivity contribution in [1.82, 2.24) is 9.97 Å². The third-order valence-corrected chi connectivity index (χ3v) is 4.71. The van der Waals surface area contributed by atoms with E-state index in [1.54, 1.807) is 0 Å². The summed E-state index contributed by atoms with van der Waals surface area (Å²) in [7, 11) is 0. The minimum atomic E-state index is 0.454. The molecule has 114 valence electrons. The van der Waals surface area contributed by atoms with E-state index in [0.29, 0.717) is 11.8 Å². The molecule has 0 saturated heterocycles. The van der Waals surface area contributed by atoms with Crippen molar-refractivity contribution in [3.05, 3.63) is 34.7 Å². The number of aromatic nitrogens is 2. The van der Waals surface area contributed by atoms with Crippen molar-refractivity contribution in [1.29, 1.82) is 0 Å². The fourth-order valence-electron chi connectivity index (χ4n) is 3.21. The van der Waals surface area contributed by atoms with Crippen LogP contribution >= 0.6 is 0 Å². The van der Waals surface area contributed by atoms with Crippen LogP contribution in [0.3, 0.4) is 0 Å². The highest BCUT2D eigenvalue weighted by Crippen LogP contribution is 2.40. The van der Waals surface area contributed by atoms with E-state index >= 15 is 0 Å². The van der Waals surface area contributed by atoms with Crippen molar-refractivity contribution >= 4 is 0 Å². The molecule has 2 heterocycles. The molecule has 2 aromatic heterocycles. The van der Waals surface area contributed by atoms with Gasteiger partial charge in [-0.25, -0.2) is 9.97 Å². The Morgan fingerprint density at radius 3 is 1.81 bits per heavy atom. The first-order valence-electron chi connectivity index (χ1n) is 7.98. The van der Waals surface area contributed by atoms with Crippen LogP contribution in [0.25, 0.3) is 0 Å². The van der Waals surface area contributed by atoms with Gasteiger partial charge in [0.05, 0.1) is 11.4 Å². The summed E-state index contributed by atoms with van der Waals surface area (Å²) in [6, 6.07) is 0. The summed E-state index contributed by atoms with van der Waals surface area (Å²) in [4.78, 5) is 9.22. The van der Waals surface area contributed by atoms with Crippen molar-refractivity contribution in [2.24, 2.45) is 0 Å². The van der Waals surface area contributed by atoms with E-state index in [0.717, 1.165) is 66.8 Å². The maximum absolute atomic E-state index is 5.86. The summed E-state index contributed by atoms with van der Waals surface area (Å²) < 4.78 is 11.6. The van der Waals surface area contributed by atoms with Crippen LogP contribution in [-0.4, -0.2) is 9.97 Å². The highest BCUT2D eigenvalue weighted by atomic mass is 16.4. The van der Waals surface area contributed by atoms with Crippen molar-refractivity contribution in [3.8, 4) is 0 Å². The average molecular weight is 288 g/mol. The van der Waals surface area contributed by atoms with Gasteiger partial charge in [0.15, 0.2) is 11.8 Å². The smallest absolute Gasteiger partial charge is 0.197 e. The minimum Gasteiger partial charge on any atom is -0.445 e. The summed E-state index contributed by atoms with van der Waals surface area (Å²) in [6.07, 6.45) is 5.36. The minimum absolute atomic E-state index is 0.454. The molecular weight excluding hydrogens is 264 g/mol. The van der Waals surface area contributed by atoms with Gasteiger partial charge in [-0.1, -0.05) is 6.92 Å². The first-order valence-corrected chi connectivity index (χ1v) is 7.98. The molecule has 3 rings (SSSR count). The second kappa shape index (κ2) is 5.66. The summed E-state index contributed by atoms with van der Waals surface area (Å²) in [5, 5.41) is 0. The molecule has 0 aliphatic heterocycles. The Kier molecular flexibility index (Phi) is 3.87. The highest BCUT2D eigenvalue weighted by molar-refractivity contribution is 5.12. The molecule has 1 saturated carbocycles. The van der Waals surface area contributed by atoms with Crippen LogP contribution in [0.5, 0.6) is 0 Å². The zero-order valence-corrected chi connectivity index (χ0v) is 13.4. The van der Waals surface area contributed by atoms with Gasteiger partial charge in [-0.15, -0.1) is 0 Å². The van der Waals surface area contributed by atoms with Crippen LogP contribution in [0, 0.1) is 20.8 Å². The molecule has 0 aromatic carbocycles. The van der Waals surface area contributed by atoms with E-state index < -0.39 is 0 Å². The molecule has 1 aliphatic rings. The Labute approximate surface area is 126 Å². The van der Waals surface area contributed by atoms with Gasteiger partial charge in [0.1, 0.15) is 11.5 Å². The largest absolute Gasteiger partial charge is 0.445 e. The second-order valence-corrected chi connectivity index (χ2v) is 6.15. The lowest BCUT2D eigenvalue weighted by Gasteiger charge is -2.24. The first-order chi connectivity index (χ1) is 10.1. The van der Waals surface area contributed by atoms with Crippen molar-refractivity contribution in [3.63, 3.8) is 0 Å². The monoisotopic (exact) mass is 288 g/mol. The maximum Gasteiger partial charge on any atom is 0.197 e. The van der Waals surface area contributed by atoms with Gasteiger partial charge < -0.3 is 8.83 Å². The van der Waals surface area contributed by atoms with E-state index in [2.05, 4.69) is 16.9 Å². The normalized spacial score (nSPS) is 22.7. The number of rotatable bonds is 3. The van der Waals surface area contributed by atoms with Crippen LogP contribution in [0.4, 0.5) is 0 Å². The van der Waals surface area contributed by atoms with Gasteiger partial charge in [-0.2, -0.15) is 0 Å². The van der Waals surface area contributed by atoms with Crippen LogP contribution < -0.4 is 0 Å². The Bertz CT molecular complexity index is 599. The molecule has 0 atom stereocenters. The Morgan fingerprint density at radius 1 is 0.857 bits per heavy atom. The molecular formula is C17H24N2O2. The molecule has 0 bridgehead atoms. The summed E-state index contributed by atoms with van der Waals surface area (Å²) in [5.74, 6) is 4.69. The SMILES string of the molecule is CCc1nc(C2CCC(c3nc(C)c(C)o3)CC2)oc1C. The quantitative estimate of drug-likeness (QED) is 0.828. The summed E-state index contributed by atoms with van der Waals surface area (Å²) in [5.41, 5.74) is 2.12. The third-order valence-electron chi connectivity index (χ3n) is 4.71. The molecule has 4 heteroatoms. The zero-order valence-electron chi connectivity index (χ0n) is 13.4. The number of hydrogen-bond acceptors (Lipinski definition) is 4. The van der Waals surface area contributed by atoms with Crippen LogP contribution in [0.2, 0.25) is 0 Å². The second-order valence-electron chi connectivity index (χ2n) is 6.15. The zero-order chi connectivity index (χ0) is 15.0. The predicted octanol–water partition coefficient (Wildman–Crippen LogP) is 4.59. The fraction of sp³-hybridized carbons (Fsp3) is 0.647. The molecule has 0 amide bonds. The number of oxazole rings is 2. The highest BCUT2D eigenvalue weighted by Gasteiger charge is 2.29. The Hall–Kier alpha value is -1.58. The van der Waals surface area contributed by atoms with Crippen LogP contribution in [0.1, 0.15) is 79.1 Å². The molecule has 1 fully saturated rings. The molecule has 4 nitrogen and oxygen atoms in total. The lowest BCUT2D eigenvalue weighted by Crippen LogP contribution is -2.12. The average Bonchev–Trinajstić information content (AvgIpc) is 3.02. The van der Waals surface area contributed by atoms with Gasteiger partial charge in [0.2, 0.25) is 0 Å². The molecule has 0 N–H and O–H groups in total. The van der Waals surface area contributed by atoms with Gasteiger partial charge in [-0.05, 0) is 52.9 Å². The Morgan fingerprint density at radius 2 is 1.38 bits per heavy atom. The van der Waals surface area contributed by atoms with Crippen molar-refractivity contribution < 1.29 is 8.83 Å². The van der Waals surface area contributed by atoms with E-state index in [4.69, 9.17) is 8.83 Å². The van der Waals surface area contributed by atoms with E-state index in [-0.39, 0.29) is 0 Å². The van der Waals surface area contributed by atoms with E-state index in [1.165, 1.54) is 0 Å². The number of nitrogens with zero attached hydrogens (tertiary/aromatic N) is 2. The molecule has 2 aromatic rings.